The van der Waals surface area contributed by atoms with E-state index in [-0.39, 0.29) is 28.4 Å². The highest BCUT2D eigenvalue weighted by Gasteiger charge is 2.23. The van der Waals surface area contributed by atoms with Crippen molar-refractivity contribution >= 4 is 41.0 Å². The van der Waals surface area contributed by atoms with Crippen LogP contribution in [0.5, 0.6) is 5.75 Å². The monoisotopic (exact) mass is 503 g/mol. The van der Waals surface area contributed by atoms with E-state index in [1.54, 1.807) is 37.3 Å². The van der Waals surface area contributed by atoms with E-state index in [9.17, 15) is 29.7 Å². The van der Waals surface area contributed by atoms with Crippen LogP contribution in [0.15, 0.2) is 41.4 Å². The predicted molar refractivity (Wildman–Crippen MR) is 130 cm³/mol. The summed E-state index contributed by atoms with van der Waals surface area (Å²) in [6.07, 6.45) is -1.04. The van der Waals surface area contributed by atoms with Gasteiger partial charge in [0, 0.05) is 23.4 Å². The quantitative estimate of drug-likeness (QED) is 0.281. The van der Waals surface area contributed by atoms with E-state index in [0.29, 0.717) is 23.8 Å². The third-order valence-corrected chi connectivity index (χ3v) is 5.38. The number of nitrogens with one attached hydrogen (secondary N) is 4. The number of β-amino-alcohol motifs (C(OH)–C–C–N with tert-alkyl or cyclic N) is 1. The molecule has 0 aliphatic carbocycles. The van der Waals surface area contributed by atoms with Gasteiger partial charge in [-0.3, -0.25) is 19.4 Å². The van der Waals surface area contributed by atoms with Crippen molar-refractivity contribution in [2.45, 2.75) is 25.5 Å². The zero-order valence-electron chi connectivity index (χ0n) is 18.8. The number of anilines is 1. The Morgan fingerprint density at radius 3 is 2.71 bits per heavy atom. The molecule has 35 heavy (non-hydrogen) atoms. The molecule has 0 fully saturated rings. The number of hydrogen-bond donors (Lipinski definition) is 7. The SMILES string of the molecule is Cc1cc(Cl)c(O)c([C@@H](CC(=O)O)NC(=O)CNC(=O)c2cccc(NC3=NCC(O)CN3)c2)c1. The molecular formula is C23H26ClN5O6. The molecule has 1 heterocycles. The van der Waals surface area contributed by atoms with Crippen molar-refractivity contribution in [1.29, 1.82) is 0 Å². The van der Waals surface area contributed by atoms with Gasteiger partial charge in [-0.25, -0.2) is 0 Å². The van der Waals surface area contributed by atoms with E-state index in [2.05, 4.69) is 26.3 Å². The maximum Gasteiger partial charge on any atom is 0.305 e. The summed E-state index contributed by atoms with van der Waals surface area (Å²) in [7, 11) is 0. The van der Waals surface area contributed by atoms with Crippen LogP contribution < -0.4 is 21.3 Å². The van der Waals surface area contributed by atoms with Gasteiger partial charge in [0.15, 0.2) is 5.96 Å². The average molecular weight is 504 g/mol. The number of aromatic hydroxyl groups is 1. The van der Waals surface area contributed by atoms with E-state index in [4.69, 9.17) is 11.6 Å². The summed E-state index contributed by atoms with van der Waals surface area (Å²) in [5, 5.41) is 40.0. The van der Waals surface area contributed by atoms with E-state index >= 15 is 0 Å². The van der Waals surface area contributed by atoms with Gasteiger partial charge in [-0.1, -0.05) is 23.7 Å². The Bertz CT molecular complexity index is 1160. The van der Waals surface area contributed by atoms with Gasteiger partial charge in [0.2, 0.25) is 5.91 Å². The highest BCUT2D eigenvalue weighted by atomic mass is 35.5. The maximum absolute atomic E-state index is 12.6. The molecule has 11 nitrogen and oxygen atoms in total. The number of aliphatic imine (C=N–C) groups is 1. The molecule has 0 aromatic heterocycles. The number of aliphatic carboxylic acids is 1. The Kier molecular flexibility index (Phi) is 8.50. The number of amides is 2. The summed E-state index contributed by atoms with van der Waals surface area (Å²) in [4.78, 5) is 40.5. The summed E-state index contributed by atoms with van der Waals surface area (Å²) in [5.74, 6) is -2.20. The number of carboxylic acids is 1. The van der Waals surface area contributed by atoms with Crippen LogP contribution in [-0.2, 0) is 9.59 Å². The number of rotatable bonds is 8. The molecule has 12 heteroatoms. The van der Waals surface area contributed by atoms with E-state index < -0.39 is 42.9 Å². The molecule has 0 saturated carbocycles. The molecule has 2 amide bonds. The second-order valence-electron chi connectivity index (χ2n) is 8.02. The zero-order valence-corrected chi connectivity index (χ0v) is 19.6. The standard InChI is InChI=1S/C23H26ClN5O6/c1-12-5-16(21(34)17(24)6-12)18(8-20(32)33)29-19(31)11-25-22(35)13-3-2-4-14(7-13)28-23-26-9-15(30)10-27-23/h2-7,15,18,30,34H,8-11H2,1H3,(H,25,35)(H,29,31)(H,32,33)(H2,26,27,28)/t18-/m1/s1. The molecule has 2 aromatic carbocycles. The topological polar surface area (TPSA) is 172 Å². The van der Waals surface area contributed by atoms with Crippen molar-refractivity contribution in [1.82, 2.24) is 16.0 Å². The lowest BCUT2D eigenvalue weighted by atomic mass is 10.00. The number of phenolic OH excluding ortho intramolecular Hbond substituents is 1. The minimum absolute atomic E-state index is 0.0389. The number of aliphatic hydroxyl groups excluding tert-OH is 1. The van der Waals surface area contributed by atoms with Crippen molar-refractivity contribution in [2.75, 3.05) is 25.0 Å². The third-order valence-electron chi connectivity index (χ3n) is 5.09. The summed E-state index contributed by atoms with van der Waals surface area (Å²) in [6, 6.07) is 8.53. The molecular weight excluding hydrogens is 478 g/mol. The first-order valence-electron chi connectivity index (χ1n) is 10.7. The molecule has 1 unspecified atom stereocenters. The number of aliphatic hydroxyl groups is 1. The van der Waals surface area contributed by atoms with Gasteiger partial charge in [-0.05, 0) is 36.8 Å². The molecule has 2 atom stereocenters. The summed E-state index contributed by atoms with van der Waals surface area (Å²) >= 11 is 5.99. The van der Waals surface area contributed by atoms with Gasteiger partial charge >= 0.3 is 5.97 Å². The number of carbonyl (C=O) groups is 3. The van der Waals surface area contributed by atoms with Crippen LogP contribution in [0.1, 0.15) is 33.9 Å². The number of nitrogens with zero attached hydrogens (tertiary/aromatic N) is 1. The van der Waals surface area contributed by atoms with E-state index in [1.807, 2.05) is 0 Å². The van der Waals surface area contributed by atoms with Crippen molar-refractivity contribution in [2.24, 2.45) is 4.99 Å². The Morgan fingerprint density at radius 1 is 1.26 bits per heavy atom. The normalized spacial score (nSPS) is 15.9. The molecule has 0 bridgehead atoms. The highest BCUT2D eigenvalue weighted by Crippen LogP contribution is 2.34. The molecule has 0 saturated heterocycles. The Hall–Kier alpha value is -3.83. The Balaban J connectivity index is 1.62. The zero-order chi connectivity index (χ0) is 25.5. The number of halogens is 1. The number of benzene rings is 2. The minimum atomic E-state index is -1.19. The summed E-state index contributed by atoms with van der Waals surface area (Å²) < 4.78 is 0. The lowest BCUT2D eigenvalue weighted by Crippen LogP contribution is -2.42. The predicted octanol–water partition coefficient (Wildman–Crippen LogP) is 1.15. The summed E-state index contributed by atoms with van der Waals surface area (Å²) in [5.41, 5.74) is 1.71. The van der Waals surface area contributed by atoms with Crippen LogP contribution in [0.2, 0.25) is 5.02 Å². The second kappa shape index (κ2) is 11.5. The largest absolute Gasteiger partial charge is 0.506 e. The maximum atomic E-state index is 12.6. The number of carboxylic acid groups (broad SMARTS) is 1. The molecule has 1 aliphatic heterocycles. The van der Waals surface area contributed by atoms with Crippen LogP contribution in [0.4, 0.5) is 5.69 Å². The van der Waals surface area contributed by atoms with Crippen molar-refractivity contribution in [3.8, 4) is 5.75 Å². The molecule has 3 rings (SSSR count). The number of guanidine groups is 1. The highest BCUT2D eigenvalue weighted by molar-refractivity contribution is 6.32. The first kappa shape index (κ1) is 25.8. The van der Waals surface area contributed by atoms with Crippen LogP contribution in [0.25, 0.3) is 0 Å². The average Bonchev–Trinajstić information content (AvgIpc) is 2.81. The fourth-order valence-electron chi connectivity index (χ4n) is 3.44. The van der Waals surface area contributed by atoms with Gasteiger partial charge in [-0.2, -0.15) is 0 Å². The molecule has 7 N–H and O–H groups in total. The number of carbonyl (C=O) groups excluding carboxylic acids is 2. The van der Waals surface area contributed by atoms with Crippen molar-refractivity contribution in [3.63, 3.8) is 0 Å². The molecule has 2 aromatic rings. The first-order valence-corrected chi connectivity index (χ1v) is 11.1. The van der Waals surface area contributed by atoms with Gasteiger partial charge in [0.1, 0.15) is 5.75 Å². The Morgan fingerprint density at radius 2 is 2.03 bits per heavy atom. The van der Waals surface area contributed by atoms with E-state index in [0.717, 1.165) is 0 Å². The molecule has 186 valence electrons. The second-order valence-corrected chi connectivity index (χ2v) is 8.42. The van der Waals surface area contributed by atoms with Crippen LogP contribution in [0.3, 0.4) is 0 Å². The lowest BCUT2D eigenvalue weighted by molar-refractivity contribution is -0.137. The molecule has 1 aliphatic rings. The van der Waals surface area contributed by atoms with Gasteiger partial charge in [0.05, 0.1) is 36.7 Å². The smallest absolute Gasteiger partial charge is 0.305 e. The van der Waals surface area contributed by atoms with Crippen LogP contribution in [-0.4, -0.2) is 64.8 Å². The minimum Gasteiger partial charge on any atom is -0.506 e. The number of phenols is 1. The van der Waals surface area contributed by atoms with Gasteiger partial charge in [0.25, 0.3) is 5.91 Å². The lowest BCUT2D eigenvalue weighted by Gasteiger charge is -2.20. The van der Waals surface area contributed by atoms with Gasteiger partial charge < -0.3 is 36.6 Å². The van der Waals surface area contributed by atoms with Crippen LogP contribution in [0, 0.1) is 6.92 Å². The third kappa shape index (κ3) is 7.33. The van der Waals surface area contributed by atoms with Crippen LogP contribution >= 0.6 is 11.6 Å². The van der Waals surface area contributed by atoms with Crippen molar-refractivity contribution in [3.05, 3.63) is 58.1 Å². The number of hydrogen-bond acceptors (Lipinski definition) is 8. The van der Waals surface area contributed by atoms with Crippen molar-refractivity contribution < 1.29 is 29.7 Å². The number of aryl methyl sites for hydroxylation is 1. The molecule has 0 spiro atoms. The molecule has 0 radical (unpaired) electrons. The Labute approximate surface area is 206 Å². The van der Waals surface area contributed by atoms with E-state index in [1.165, 1.54) is 6.07 Å². The first-order chi connectivity index (χ1) is 16.6. The van der Waals surface area contributed by atoms with Gasteiger partial charge in [-0.15, -0.1) is 0 Å². The summed E-state index contributed by atoms with van der Waals surface area (Å²) in [6.45, 7) is 1.92. The fraction of sp³-hybridized carbons (Fsp3) is 0.304. The fourth-order valence-corrected chi connectivity index (χ4v) is 3.72.